The Hall–Kier alpha value is -2.14. The lowest BCUT2D eigenvalue weighted by Crippen LogP contribution is -2.25. The van der Waals surface area contributed by atoms with Crippen LogP contribution in [0.4, 0.5) is 4.39 Å². The van der Waals surface area contributed by atoms with Crippen molar-refractivity contribution in [1.29, 1.82) is 0 Å². The van der Waals surface area contributed by atoms with Crippen LogP contribution in [0.3, 0.4) is 0 Å². The van der Waals surface area contributed by atoms with Gasteiger partial charge in [0.15, 0.2) is 11.5 Å². The number of aromatic nitrogens is 1. The van der Waals surface area contributed by atoms with E-state index in [9.17, 15) is 9.18 Å². The third-order valence-electron chi connectivity index (χ3n) is 2.61. The number of ether oxygens (including phenoxy) is 1. The van der Waals surface area contributed by atoms with Crippen LogP contribution >= 0.6 is 11.6 Å². The Morgan fingerprint density at radius 2 is 2.20 bits per heavy atom. The van der Waals surface area contributed by atoms with Crippen LogP contribution in [-0.4, -0.2) is 18.0 Å². The first-order valence-electron chi connectivity index (χ1n) is 5.83. The molecule has 20 heavy (non-hydrogen) atoms. The molecule has 1 aromatic heterocycles. The first-order chi connectivity index (χ1) is 9.60. The van der Waals surface area contributed by atoms with Crippen molar-refractivity contribution in [3.05, 3.63) is 58.6 Å². The number of nitrogens with zero attached hydrogens (tertiary/aromatic N) is 1. The van der Waals surface area contributed by atoms with Crippen LogP contribution in [-0.2, 0) is 6.54 Å². The van der Waals surface area contributed by atoms with Crippen LogP contribution in [0.2, 0.25) is 5.15 Å². The van der Waals surface area contributed by atoms with Crippen molar-refractivity contribution in [2.45, 2.75) is 6.54 Å². The zero-order valence-electron chi connectivity index (χ0n) is 10.7. The van der Waals surface area contributed by atoms with E-state index in [0.29, 0.717) is 5.75 Å². The van der Waals surface area contributed by atoms with E-state index in [4.69, 9.17) is 16.3 Å². The van der Waals surface area contributed by atoms with Crippen molar-refractivity contribution in [2.75, 3.05) is 7.11 Å². The van der Waals surface area contributed by atoms with Gasteiger partial charge >= 0.3 is 0 Å². The Labute approximate surface area is 120 Å². The highest BCUT2D eigenvalue weighted by Gasteiger charge is 2.13. The highest BCUT2D eigenvalue weighted by Crippen LogP contribution is 2.13. The second-order valence-corrected chi connectivity index (χ2v) is 4.39. The van der Waals surface area contributed by atoms with Crippen LogP contribution in [0, 0.1) is 5.82 Å². The van der Waals surface area contributed by atoms with Gasteiger partial charge in [-0.3, -0.25) is 4.79 Å². The van der Waals surface area contributed by atoms with E-state index in [0.717, 1.165) is 11.6 Å². The van der Waals surface area contributed by atoms with Gasteiger partial charge in [0.05, 0.1) is 7.11 Å². The number of methoxy groups -OCH3 is 1. The molecule has 0 aliphatic carbocycles. The molecule has 2 aromatic rings. The van der Waals surface area contributed by atoms with Gasteiger partial charge in [0.25, 0.3) is 5.91 Å². The summed E-state index contributed by atoms with van der Waals surface area (Å²) >= 11 is 5.64. The van der Waals surface area contributed by atoms with Gasteiger partial charge in [-0.1, -0.05) is 23.7 Å². The zero-order valence-corrected chi connectivity index (χ0v) is 11.4. The molecule has 0 bridgehead atoms. The Balaban J connectivity index is 2.06. The SMILES string of the molecule is COc1cccc(CNC(=O)c2nc(Cl)ccc2F)c1. The van der Waals surface area contributed by atoms with Crippen LogP contribution in [0.1, 0.15) is 16.1 Å². The summed E-state index contributed by atoms with van der Waals surface area (Å²) in [7, 11) is 1.56. The molecule has 6 heteroatoms. The molecule has 104 valence electrons. The van der Waals surface area contributed by atoms with Crippen LogP contribution in [0.25, 0.3) is 0 Å². The number of hydrogen-bond acceptors (Lipinski definition) is 3. The molecule has 0 unspecified atom stereocenters. The van der Waals surface area contributed by atoms with Crippen molar-refractivity contribution in [1.82, 2.24) is 10.3 Å². The number of nitrogens with one attached hydrogen (secondary N) is 1. The molecule has 0 aliphatic rings. The fourth-order valence-corrected chi connectivity index (χ4v) is 1.77. The Morgan fingerprint density at radius 3 is 2.95 bits per heavy atom. The molecule has 1 amide bonds. The summed E-state index contributed by atoms with van der Waals surface area (Å²) in [6.07, 6.45) is 0. The number of amides is 1. The van der Waals surface area contributed by atoms with Gasteiger partial charge in [0.1, 0.15) is 10.9 Å². The van der Waals surface area contributed by atoms with Crippen molar-refractivity contribution >= 4 is 17.5 Å². The largest absolute Gasteiger partial charge is 0.497 e. The first-order valence-corrected chi connectivity index (χ1v) is 6.21. The number of pyridine rings is 1. The number of rotatable bonds is 4. The minimum absolute atomic E-state index is 0.0675. The predicted molar refractivity (Wildman–Crippen MR) is 73.4 cm³/mol. The van der Waals surface area contributed by atoms with Gasteiger partial charge in [-0.05, 0) is 29.8 Å². The van der Waals surface area contributed by atoms with Gasteiger partial charge < -0.3 is 10.1 Å². The Kier molecular flexibility index (Phi) is 4.53. The minimum Gasteiger partial charge on any atom is -0.497 e. The predicted octanol–water partition coefficient (Wildman–Crippen LogP) is 2.81. The topological polar surface area (TPSA) is 51.2 Å². The minimum atomic E-state index is -0.711. The average Bonchev–Trinajstić information content (AvgIpc) is 2.47. The fourth-order valence-electron chi connectivity index (χ4n) is 1.63. The molecule has 2 rings (SSSR count). The molecule has 4 nitrogen and oxygen atoms in total. The van der Waals surface area contributed by atoms with Crippen molar-refractivity contribution in [2.24, 2.45) is 0 Å². The van der Waals surface area contributed by atoms with Gasteiger partial charge in [0, 0.05) is 6.54 Å². The van der Waals surface area contributed by atoms with Crippen LogP contribution < -0.4 is 10.1 Å². The van der Waals surface area contributed by atoms with E-state index in [2.05, 4.69) is 10.3 Å². The number of hydrogen-bond donors (Lipinski definition) is 1. The molecule has 1 N–H and O–H groups in total. The summed E-state index contributed by atoms with van der Waals surface area (Å²) in [6, 6.07) is 9.60. The molecule has 0 saturated heterocycles. The Bertz CT molecular complexity index is 634. The standard InChI is InChI=1S/C14H12ClFN2O2/c1-20-10-4-2-3-9(7-10)8-17-14(19)13-11(16)5-6-12(15)18-13/h2-7H,8H2,1H3,(H,17,19). The zero-order chi connectivity index (χ0) is 14.5. The number of benzene rings is 1. The molecular formula is C14H12ClFN2O2. The first kappa shape index (κ1) is 14.3. The normalized spacial score (nSPS) is 10.2. The molecule has 1 heterocycles. The second kappa shape index (κ2) is 6.34. The van der Waals surface area contributed by atoms with E-state index in [-0.39, 0.29) is 17.4 Å². The van der Waals surface area contributed by atoms with E-state index < -0.39 is 11.7 Å². The van der Waals surface area contributed by atoms with E-state index in [1.165, 1.54) is 6.07 Å². The maximum absolute atomic E-state index is 13.5. The molecule has 0 atom stereocenters. The maximum atomic E-state index is 13.5. The summed E-state index contributed by atoms with van der Waals surface area (Å²) < 4.78 is 18.5. The molecule has 0 spiro atoms. The number of carbonyl (C=O) groups excluding carboxylic acids is 1. The van der Waals surface area contributed by atoms with Gasteiger partial charge in [0.2, 0.25) is 0 Å². The lowest BCUT2D eigenvalue weighted by Gasteiger charge is -2.07. The van der Waals surface area contributed by atoms with Crippen molar-refractivity contribution in [3.63, 3.8) is 0 Å². The lowest BCUT2D eigenvalue weighted by molar-refractivity contribution is 0.0941. The van der Waals surface area contributed by atoms with E-state index in [1.807, 2.05) is 6.07 Å². The summed E-state index contributed by atoms with van der Waals surface area (Å²) in [5, 5.41) is 2.65. The van der Waals surface area contributed by atoms with Gasteiger partial charge in [-0.25, -0.2) is 9.37 Å². The summed E-state index contributed by atoms with van der Waals surface area (Å²) in [5.74, 6) is -0.644. The summed E-state index contributed by atoms with van der Waals surface area (Å²) in [6.45, 7) is 0.240. The summed E-state index contributed by atoms with van der Waals surface area (Å²) in [4.78, 5) is 15.5. The second-order valence-electron chi connectivity index (χ2n) is 4.00. The molecule has 0 aliphatic heterocycles. The number of halogens is 2. The Morgan fingerprint density at radius 1 is 1.40 bits per heavy atom. The monoisotopic (exact) mass is 294 g/mol. The van der Waals surface area contributed by atoms with Gasteiger partial charge in [-0.15, -0.1) is 0 Å². The molecule has 0 fully saturated rings. The van der Waals surface area contributed by atoms with Crippen LogP contribution in [0.15, 0.2) is 36.4 Å². The van der Waals surface area contributed by atoms with E-state index >= 15 is 0 Å². The van der Waals surface area contributed by atoms with Gasteiger partial charge in [-0.2, -0.15) is 0 Å². The lowest BCUT2D eigenvalue weighted by atomic mass is 10.2. The summed E-state index contributed by atoms with van der Waals surface area (Å²) in [5.41, 5.74) is 0.514. The highest BCUT2D eigenvalue weighted by molar-refractivity contribution is 6.29. The third-order valence-corrected chi connectivity index (χ3v) is 2.82. The third kappa shape index (κ3) is 3.45. The molecule has 0 radical (unpaired) electrons. The molecule has 1 aromatic carbocycles. The molecular weight excluding hydrogens is 283 g/mol. The fraction of sp³-hybridized carbons (Fsp3) is 0.143. The van der Waals surface area contributed by atoms with Crippen molar-refractivity contribution < 1.29 is 13.9 Å². The smallest absolute Gasteiger partial charge is 0.273 e. The number of carbonyl (C=O) groups is 1. The van der Waals surface area contributed by atoms with E-state index in [1.54, 1.807) is 25.3 Å². The quantitative estimate of drug-likeness (QED) is 0.882. The molecule has 0 saturated carbocycles. The van der Waals surface area contributed by atoms with Crippen LogP contribution in [0.5, 0.6) is 5.75 Å². The average molecular weight is 295 g/mol. The highest BCUT2D eigenvalue weighted by atomic mass is 35.5. The van der Waals surface area contributed by atoms with Crippen molar-refractivity contribution in [3.8, 4) is 5.75 Å². The maximum Gasteiger partial charge on any atom is 0.273 e.